The van der Waals surface area contributed by atoms with Crippen LogP contribution in [0.3, 0.4) is 0 Å². The molecular formula is C17H21N4O3+. The van der Waals surface area contributed by atoms with E-state index < -0.39 is 0 Å². The fourth-order valence-corrected chi connectivity index (χ4v) is 3.18. The highest BCUT2D eigenvalue weighted by atomic mass is 16.7. The quantitative estimate of drug-likeness (QED) is 0.795. The van der Waals surface area contributed by atoms with E-state index in [2.05, 4.69) is 38.8 Å². The normalized spacial score (nSPS) is 18.6. The van der Waals surface area contributed by atoms with Gasteiger partial charge in [0.25, 0.3) is 5.75 Å². The lowest BCUT2D eigenvalue weighted by molar-refractivity contribution is 0.173. The first-order valence-electron chi connectivity index (χ1n) is 8.13. The Hall–Kier alpha value is -2.54. The van der Waals surface area contributed by atoms with Crippen LogP contribution in [0.1, 0.15) is 18.5 Å². The van der Waals surface area contributed by atoms with Gasteiger partial charge in [0.2, 0.25) is 12.7 Å². The van der Waals surface area contributed by atoms with E-state index in [9.17, 15) is 0 Å². The molecule has 1 aromatic heterocycles. The zero-order chi connectivity index (χ0) is 16.5. The molecule has 24 heavy (non-hydrogen) atoms. The van der Waals surface area contributed by atoms with Crippen LogP contribution in [0.25, 0.3) is 0 Å². The fourth-order valence-electron chi connectivity index (χ4n) is 3.18. The van der Waals surface area contributed by atoms with Crippen molar-refractivity contribution in [2.75, 3.05) is 37.9 Å². The molecule has 3 heterocycles. The molecule has 2 N–H and O–H groups in total. The number of hydrogen-bond donors (Lipinski definition) is 0. The predicted molar refractivity (Wildman–Crippen MR) is 89.9 cm³/mol. The Morgan fingerprint density at radius 1 is 1.04 bits per heavy atom. The molecule has 0 saturated carbocycles. The Kier molecular flexibility index (Phi) is 3.86. The third-order valence-electron chi connectivity index (χ3n) is 4.66. The highest BCUT2D eigenvalue weighted by Gasteiger charge is 2.25. The molecule has 2 aliphatic rings. The van der Waals surface area contributed by atoms with Crippen molar-refractivity contribution in [3.05, 3.63) is 36.2 Å². The molecule has 0 spiro atoms. The van der Waals surface area contributed by atoms with Crippen molar-refractivity contribution in [1.29, 1.82) is 0 Å². The van der Waals surface area contributed by atoms with Gasteiger partial charge in [-0.05, 0) is 24.6 Å². The van der Waals surface area contributed by atoms with Gasteiger partial charge in [-0.15, -0.1) is 0 Å². The zero-order valence-corrected chi connectivity index (χ0v) is 13.6. The second-order valence-corrected chi connectivity index (χ2v) is 6.08. The van der Waals surface area contributed by atoms with Crippen molar-refractivity contribution in [2.24, 2.45) is 0 Å². The summed E-state index contributed by atoms with van der Waals surface area (Å²) in [6, 6.07) is 6.50. The van der Waals surface area contributed by atoms with E-state index in [-0.39, 0.29) is 0 Å². The lowest BCUT2D eigenvalue weighted by Crippen LogP contribution is -2.47. The van der Waals surface area contributed by atoms with Gasteiger partial charge < -0.3 is 19.5 Å². The Bertz CT molecular complexity index is 714. The molecule has 0 aliphatic carbocycles. The average Bonchev–Trinajstić information content (AvgIpc) is 3.09. The molecule has 2 aromatic rings. The summed E-state index contributed by atoms with van der Waals surface area (Å²) in [6.07, 6.45) is 3.09. The number of fused-ring (bicyclic) bond motifs is 1. The molecule has 2 aliphatic heterocycles. The van der Waals surface area contributed by atoms with Crippen molar-refractivity contribution < 1.29 is 14.6 Å². The highest BCUT2D eigenvalue weighted by molar-refractivity contribution is 5.45. The fraction of sp³-hybridized carbons (Fsp3) is 0.412. The van der Waals surface area contributed by atoms with Gasteiger partial charge in [-0.2, -0.15) is 0 Å². The second-order valence-electron chi connectivity index (χ2n) is 6.08. The van der Waals surface area contributed by atoms with Gasteiger partial charge in [-0.1, -0.05) is 6.07 Å². The first-order chi connectivity index (χ1) is 11.7. The highest BCUT2D eigenvalue weighted by Crippen LogP contribution is 2.35. The number of anilines is 1. The van der Waals surface area contributed by atoms with E-state index in [1.807, 2.05) is 6.07 Å². The lowest BCUT2D eigenvalue weighted by atomic mass is 10.1. The number of hydrogen-bond acceptors (Lipinski definition) is 6. The minimum absolute atomic E-state index is 0.308. The molecule has 1 fully saturated rings. The molecule has 1 atom stereocenters. The summed E-state index contributed by atoms with van der Waals surface area (Å²) in [5.41, 5.74) is 1.24. The monoisotopic (exact) mass is 329 g/mol. The Morgan fingerprint density at radius 2 is 1.75 bits per heavy atom. The van der Waals surface area contributed by atoms with E-state index in [0.717, 1.165) is 37.7 Å². The summed E-state index contributed by atoms with van der Waals surface area (Å²) in [5, 5.41) is 7.47. The lowest BCUT2D eigenvalue weighted by Gasteiger charge is -2.38. The van der Waals surface area contributed by atoms with Gasteiger partial charge in [0, 0.05) is 32.2 Å². The molecule has 1 unspecified atom stereocenters. The van der Waals surface area contributed by atoms with Gasteiger partial charge in [0.1, 0.15) is 12.4 Å². The van der Waals surface area contributed by atoms with Crippen LogP contribution in [-0.4, -0.2) is 52.9 Å². The maximum Gasteiger partial charge on any atom is 0.291 e. The van der Waals surface area contributed by atoms with E-state index in [4.69, 9.17) is 14.6 Å². The average molecular weight is 329 g/mol. The maximum atomic E-state index is 7.47. The van der Waals surface area contributed by atoms with Gasteiger partial charge >= 0.3 is 0 Å². The standard InChI is InChI=1S/C17H20N4O3/c1-12(13-2-3-15-16(8-13)24-11-23-15)20-4-6-21(7-5-20)17-18-9-14(22)10-19-17/h2-3,8-10,12,22H,4-7,11H2,1H3/p+1. The van der Waals surface area contributed by atoms with Gasteiger partial charge in [0.05, 0.1) is 0 Å². The van der Waals surface area contributed by atoms with Crippen LogP contribution in [0.2, 0.25) is 0 Å². The largest absolute Gasteiger partial charge is 0.591 e. The molecule has 0 radical (unpaired) electrons. The third-order valence-corrected chi connectivity index (χ3v) is 4.66. The molecule has 126 valence electrons. The summed E-state index contributed by atoms with van der Waals surface area (Å²) in [6.45, 7) is 6.18. The third kappa shape index (κ3) is 2.82. The first-order valence-corrected chi connectivity index (χ1v) is 8.13. The predicted octanol–water partition coefficient (Wildman–Crippen LogP) is 1.53. The topological polar surface area (TPSA) is 73.6 Å². The number of rotatable bonds is 3. The van der Waals surface area contributed by atoms with Crippen molar-refractivity contribution in [3.8, 4) is 17.2 Å². The van der Waals surface area contributed by atoms with Crippen LogP contribution in [0.5, 0.6) is 17.2 Å². The van der Waals surface area contributed by atoms with Crippen LogP contribution in [-0.2, 0) is 0 Å². The Balaban J connectivity index is 1.41. The smallest absolute Gasteiger partial charge is 0.291 e. The van der Waals surface area contributed by atoms with E-state index in [1.54, 1.807) is 12.4 Å². The molecule has 4 rings (SSSR count). The van der Waals surface area contributed by atoms with E-state index in [0.29, 0.717) is 24.5 Å². The summed E-state index contributed by atoms with van der Waals surface area (Å²) in [4.78, 5) is 13.1. The number of ether oxygens (including phenoxy) is 2. The minimum Gasteiger partial charge on any atom is -0.591 e. The maximum absolute atomic E-state index is 7.47. The van der Waals surface area contributed by atoms with Crippen LogP contribution in [0, 0.1) is 0 Å². The number of aromatic nitrogens is 2. The minimum atomic E-state index is 0.308. The molecule has 1 saturated heterocycles. The van der Waals surface area contributed by atoms with Crippen molar-refractivity contribution >= 4 is 5.95 Å². The van der Waals surface area contributed by atoms with E-state index >= 15 is 0 Å². The summed E-state index contributed by atoms with van der Waals surface area (Å²) in [5.74, 6) is 2.71. The molecule has 7 heteroatoms. The number of nitrogens with zero attached hydrogens (tertiary/aromatic N) is 4. The number of piperazine rings is 1. The van der Waals surface area contributed by atoms with Gasteiger partial charge in [-0.25, -0.2) is 9.97 Å². The Labute approximate surface area is 140 Å². The Morgan fingerprint density at radius 3 is 2.50 bits per heavy atom. The van der Waals surface area contributed by atoms with E-state index in [1.165, 1.54) is 5.56 Å². The van der Waals surface area contributed by atoms with Crippen LogP contribution < -0.4 is 14.4 Å². The molecule has 0 amide bonds. The first kappa shape index (κ1) is 15.0. The zero-order valence-electron chi connectivity index (χ0n) is 13.6. The van der Waals surface area contributed by atoms with Crippen molar-refractivity contribution in [2.45, 2.75) is 13.0 Å². The summed E-state index contributed by atoms with van der Waals surface area (Å²) >= 11 is 0. The van der Waals surface area contributed by atoms with Crippen LogP contribution >= 0.6 is 0 Å². The summed E-state index contributed by atoms with van der Waals surface area (Å²) < 4.78 is 10.9. The summed E-state index contributed by atoms with van der Waals surface area (Å²) in [7, 11) is 0. The van der Waals surface area contributed by atoms with Gasteiger partial charge in [0.15, 0.2) is 11.5 Å². The van der Waals surface area contributed by atoms with Crippen molar-refractivity contribution in [1.82, 2.24) is 14.9 Å². The SMILES string of the molecule is CC(c1ccc2c(c1)OCO2)N1CCN(c2ncc([OH2+])cn2)CC1. The molecule has 7 nitrogen and oxygen atoms in total. The molecule has 0 bridgehead atoms. The van der Waals surface area contributed by atoms with Gasteiger partial charge in [-0.3, -0.25) is 4.90 Å². The van der Waals surface area contributed by atoms with Crippen LogP contribution in [0.4, 0.5) is 5.95 Å². The second kappa shape index (κ2) is 6.16. The number of benzene rings is 1. The molecule has 1 aromatic carbocycles. The molecular weight excluding hydrogens is 308 g/mol. The van der Waals surface area contributed by atoms with Crippen LogP contribution in [0.15, 0.2) is 30.6 Å². The van der Waals surface area contributed by atoms with Crippen molar-refractivity contribution in [3.63, 3.8) is 0 Å².